The van der Waals surface area contributed by atoms with Crippen molar-refractivity contribution in [2.45, 2.75) is 19.3 Å². The molecule has 1 atom stereocenters. The number of benzene rings is 4. The fourth-order valence-electron chi connectivity index (χ4n) is 4.64. The standard InChI is InChI=1S/C28H22N4O5/c33-28-25-17-24(32(36)37)15-16-26(25)29(18-20-7-3-1-4-8-20)27(22-11-13-23(14-12-22)31(34)35)30(28)19-21-9-5-2-6-10-21/h1-17,27H,18-19H2. The smallest absolute Gasteiger partial charge is 0.270 e. The molecule has 0 saturated carbocycles. The second kappa shape index (κ2) is 9.90. The fraction of sp³-hybridized carbons (Fsp3) is 0.107. The molecular weight excluding hydrogens is 472 g/mol. The van der Waals surface area contributed by atoms with Crippen LogP contribution in [0.3, 0.4) is 0 Å². The molecule has 1 aliphatic heterocycles. The van der Waals surface area contributed by atoms with Crippen LogP contribution in [-0.4, -0.2) is 20.7 Å². The zero-order chi connectivity index (χ0) is 25.9. The minimum atomic E-state index is -0.609. The minimum absolute atomic E-state index is 0.0499. The molecule has 1 aliphatic rings. The maximum Gasteiger partial charge on any atom is 0.270 e. The Hall–Kier alpha value is -5.05. The molecule has 184 valence electrons. The fourth-order valence-corrected chi connectivity index (χ4v) is 4.64. The number of nitrogens with zero attached hydrogens (tertiary/aromatic N) is 4. The summed E-state index contributed by atoms with van der Waals surface area (Å²) in [5.41, 5.74) is 3.14. The van der Waals surface area contributed by atoms with Gasteiger partial charge in [0.05, 0.1) is 21.1 Å². The molecule has 5 rings (SSSR count). The van der Waals surface area contributed by atoms with Crippen molar-refractivity contribution in [2.75, 3.05) is 4.90 Å². The van der Waals surface area contributed by atoms with E-state index in [2.05, 4.69) is 0 Å². The first-order valence-electron chi connectivity index (χ1n) is 11.6. The van der Waals surface area contributed by atoms with Crippen LogP contribution in [0.2, 0.25) is 0 Å². The first kappa shape index (κ1) is 23.7. The number of carbonyl (C=O) groups is 1. The maximum absolute atomic E-state index is 13.9. The van der Waals surface area contributed by atoms with Gasteiger partial charge in [-0.1, -0.05) is 60.7 Å². The third-order valence-electron chi connectivity index (χ3n) is 6.38. The molecule has 0 N–H and O–H groups in total. The van der Waals surface area contributed by atoms with Crippen molar-refractivity contribution in [3.63, 3.8) is 0 Å². The van der Waals surface area contributed by atoms with Crippen molar-refractivity contribution in [3.05, 3.63) is 146 Å². The van der Waals surface area contributed by atoms with Gasteiger partial charge in [0.2, 0.25) is 0 Å². The Labute approximate surface area is 212 Å². The number of anilines is 1. The molecule has 1 unspecified atom stereocenters. The van der Waals surface area contributed by atoms with Crippen LogP contribution in [0.15, 0.2) is 103 Å². The third-order valence-corrected chi connectivity index (χ3v) is 6.38. The quantitative estimate of drug-likeness (QED) is 0.235. The van der Waals surface area contributed by atoms with Crippen molar-refractivity contribution in [2.24, 2.45) is 0 Å². The SMILES string of the molecule is O=C1c2cc([N+](=O)[O-])ccc2N(Cc2ccccc2)C(c2ccc([N+](=O)[O-])cc2)N1Cc1ccccc1. The molecule has 1 amide bonds. The molecule has 0 fully saturated rings. The Balaban J connectivity index is 1.69. The summed E-state index contributed by atoms with van der Waals surface area (Å²) in [5.74, 6) is -0.352. The van der Waals surface area contributed by atoms with Crippen LogP contribution in [-0.2, 0) is 13.1 Å². The summed E-state index contributed by atoms with van der Waals surface area (Å²) in [5, 5.41) is 22.8. The molecule has 0 saturated heterocycles. The summed E-state index contributed by atoms with van der Waals surface area (Å²) in [6.07, 6.45) is -0.609. The summed E-state index contributed by atoms with van der Waals surface area (Å²) < 4.78 is 0. The molecule has 0 radical (unpaired) electrons. The molecule has 9 nitrogen and oxygen atoms in total. The van der Waals surface area contributed by atoms with Crippen molar-refractivity contribution in [3.8, 4) is 0 Å². The van der Waals surface area contributed by atoms with Crippen molar-refractivity contribution < 1.29 is 14.6 Å². The topological polar surface area (TPSA) is 110 Å². The first-order chi connectivity index (χ1) is 17.9. The van der Waals surface area contributed by atoms with Crippen LogP contribution in [0, 0.1) is 20.2 Å². The van der Waals surface area contributed by atoms with Gasteiger partial charge in [0, 0.05) is 37.4 Å². The highest BCUT2D eigenvalue weighted by Gasteiger charge is 2.39. The monoisotopic (exact) mass is 494 g/mol. The number of rotatable bonds is 7. The molecule has 4 aromatic rings. The molecule has 9 heteroatoms. The van der Waals surface area contributed by atoms with Gasteiger partial charge in [0.1, 0.15) is 6.17 Å². The van der Waals surface area contributed by atoms with E-state index in [9.17, 15) is 25.0 Å². The van der Waals surface area contributed by atoms with Crippen LogP contribution in [0.4, 0.5) is 17.1 Å². The summed E-state index contributed by atoms with van der Waals surface area (Å²) in [7, 11) is 0. The number of hydrogen-bond acceptors (Lipinski definition) is 6. The lowest BCUT2D eigenvalue weighted by Crippen LogP contribution is -2.48. The summed E-state index contributed by atoms with van der Waals surface area (Å²) in [6, 6.07) is 29.6. The predicted octanol–water partition coefficient (Wildman–Crippen LogP) is 5.86. The zero-order valence-corrected chi connectivity index (χ0v) is 19.6. The zero-order valence-electron chi connectivity index (χ0n) is 19.6. The molecule has 4 aromatic carbocycles. The molecular formula is C28H22N4O5. The normalized spacial score (nSPS) is 14.8. The average molecular weight is 495 g/mol. The predicted molar refractivity (Wildman–Crippen MR) is 138 cm³/mol. The molecule has 0 bridgehead atoms. The van der Waals surface area contributed by atoms with E-state index in [0.717, 1.165) is 11.1 Å². The number of nitro benzene ring substituents is 2. The molecule has 0 spiro atoms. The van der Waals surface area contributed by atoms with E-state index in [1.54, 1.807) is 23.1 Å². The molecule has 1 heterocycles. The maximum atomic E-state index is 13.9. The Morgan fingerprint density at radius 2 is 1.16 bits per heavy atom. The van der Waals surface area contributed by atoms with Gasteiger partial charge >= 0.3 is 0 Å². The van der Waals surface area contributed by atoms with Crippen LogP contribution < -0.4 is 4.90 Å². The number of non-ortho nitro benzene ring substituents is 2. The molecule has 0 aromatic heterocycles. The van der Waals surface area contributed by atoms with Gasteiger partial charge in [0.15, 0.2) is 0 Å². The van der Waals surface area contributed by atoms with Crippen molar-refractivity contribution in [1.29, 1.82) is 0 Å². The van der Waals surface area contributed by atoms with Crippen LogP contribution in [0.1, 0.15) is 33.2 Å². The number of nitro groups is 2. The van der Waals surface area contributed by atoms with Crippen LogP contribution in [0.5, 0.6) is 0 Å². The minimum Gasteiger partial charge on any atom is -0.342 e. The second-order valence-electron chi connectivity index (χ2n) is 8.71. The Bertz CT molecular complexity index is 1460. The molecule has 37 heavy (non-hydrogen) atoms. The number of carbonyl (C=O) groups excluding carboxylic acids is 1. The van der Waals surface area contributed by atoms with E-state index >= 15 is 0 Å². The van der Waals surface area contributed by atoms with E-state index in [0.29, 0.717) is 17.8 Å². The highest BCUT2D eigenvalue weighted by atomic mass is 16.6. The highest BCUT2D eigenvalue weighted by Crippen LogP contribution is 2.42. The summed E-state index contributed by atoms with van der Waals surface area (Å²) >= 11 is 0. The number of hydrogen-bond donors (Lipinski definition) is 0. The van der Waals surface area contributed by atoms with E-state index < -0.39 is 16.0 Å². The van der Waals surface area contributed by atoms with E-state index in [1.807, 2.05) is 65.6 Å². The number of fused-ring (bicyclic) bond motifs is 1. The molecule has 0 aliphatic carbocycles. The van der Waals surface area contributed by atoms with E-state index in [1.165, 1.54) is 24.3 Å². The summed E-state index contributed by atoms with van der Waals surface area (Å²) in [6.45, 7) is 0.653. The third kappa shape index (κ3) is 4.74. The van der Waals surface area contributed by atoms with Gasteiger partial charge in [-0.2, -0.15) is 0 Å². The lowest BCUT2D eigenvalue weighted by atomic mass is 9.98. The van der Waals surface area contributed by atoms with Gasteiger partial charge in [-0.25, -0.2) is 0 Å². The van der Waals surface area contributed by atoms with Gasteiger partial charge < -0.3 is 9.80 Å². The van der Waals surface area contributed by atoms with Crippen LogP contribution >= 0.6 is 0 Å². The average Bonchev–Trinajstić information content (AvgIpc) is 2.92. The van der Waals surface area contributed by atoms with Gasteiger partial charge in [0.25, 0.3) is 17.3 Å². The Kier molecular flexibility index (Phi) is 6.34. The Morgan fingerprint density at radius 1 is 0.649 bits per heavy atom. The second-order valence-corrected chi connectivity index (χ2v) is 8.71. The van der Waals surface area contributed by atoms with Crippen molar-refractivity contribution >= 4 is 23.0 Å². The van der Waals surface area contributed by atoms with Crippen molar-refractivity contribution in [1.82, 2.24) is 4.90 Å². The number of amides is 1. The largest absolute Gasteiger partial charge is 0.342 e. The first-order valence-corrected chi connectivity index (χ1v) is 11.6. The lowest BCUT2D eigenvalue weighted by Gasteiger charge is -2.46. The van der Waals surface area contributed by atoms with Gasteiger partial charge in [-0.15, -0.1) is 0 Å². The van der Waals surface area contributed by atoms with E-state index in [-0.39, 0.29) is 29.4 Å². The lowest BCUT2D eigenvalue weighted by molar-refractivity contribution is -0.385. The van der Waals surface area contributed by atoms with Gasteiger partial charge in [-0.3, -0.25) is 25.0 Å². The van der Waals surface area contributed by atoms with Crippen LogP contribution in [0.25, 0.3) is 0 Å². The van der Waals surface area contributed by atoms with E-state index in [4.69, 9.17) is 0 Å². The summed E-state index contributed by atoms with van der Waals surface area (Å²) in [4.78, 5) is 39.4. The Morgan fingerprint density at radius 3 is 1.70 bits per heavy atom. The highest BCUT2D eigenvalue weighted by molar-refractivity contribution is 6.02. The van der Waals surface area contributed by atoms with Gasteiger partial charge in [-0.05, 0) is 34.9 Å².